The zero-order chi connectivity index (χ0) is 15.2. The summed E-state index contributed by atoms with van der Waals surface area (Å²) in [7, 11) is 0. The number of aromatic nitrogens is 3. The molecule has 5 nitrogen and oxygen atoms in total. The molecule has 0 saturated carbocycles. The average Bonchev–Trinajstić information content (AvgIpc) is 2.98. The third-order valence-electron chi connectivity index (χ3n) is 4.34. The molecule has 6 heteroatoms. The first-order chi connectivity index (χ1) is 11.4. The van der Waals surface area contributed by atoms with E-state index in [0.717, 1.165) is 63.3 Å². The number of benzene rings is 1. The third-order valence-corrected chi connectivity index (χ3v) is 5.43. The summed E-state index contributed by atoms with van der Waals surface area (Å²) in [6.07, 6.45) is 1.68. The lowest BCUT2D eigenvalue weighted by Crippen LogP contribution is -2.43. The molecule has 1 aliphatic rings. The largest absolute Gasteiger partial charge is 0.353 e. The van der Waals surface area contributed by atoms with Gasteiger partial charge in [-0.05, 0) is 12.1 Å². The number of nitrogens with zero attached hydrogens (tertiary/aromatic N) is 4. The zero-order valence-electron chi connectivity index (χ0n) is 12.5. The average molecular weight is 321 g/mol. The molecule has 0 unspecified atom stereocenters. The summed E-state index contributed by atoms with van der Waals surface area (Å²) in [6, 6.07) is 10.4. The Bertz CT molecular complexity index is 1020. The van der Waals surface area contributed by atoms with E-state index >= 15 is 0 Å². The Morgan fingerprint density at radius 1 is 1.09 bits per heavy atom. The second kappa shape index (κ2) is 5.11. The summed E-state index contributed by atoms with van der Waals surface area (Å²) in [5.41, 5.74) is 2.05. The molecule has 0 aliphatic carbocycles. The van der Waals surface area contributed by atoms with E-state index in [0.29, 0.717) is 0 Å². The van der Waals surface area contributed by atoms with E-state index in [-0.39, 0.29) is 0 Å². The van der Waals surface area contributed by atoms with Crippen LogP contribution in [0.25, 0.3) is 31.3 Å². The number of rotatable bonds is 1. The Labute approximate surface area is 137 Å². The van der Waals surface area contributed by atoms with Gasteiger partial charge in [-0.1, -0.05) is 18.2 Å². The fourth-order valence-electron chi connectivity index (χ4n) is 3.19. The maximum atomic E-state index is 4.82. The number of anilines is 1. The van der Waals surface area contributed by atoms with Crippen molar-refractivity contribution in [3.05, 3.63) is 36.7 Å². The van der Waals surface area contributed by atoms with E-state index in [1.54, 1.807) is 17.7 Å². The van der Waals surface area contributed by atoms with Crippen molar-refractivity contribution in [2.45, 2.75) is 0 Å². The number of thiophene rings is 1. The van der Waals surface area contributed by atoms with E-state index in [1.165, 1.54) is 0 Å². The van der Waals surface area contributed by atoms with Crippen LogP contribution in [-0.4, -0.2) is 41.1 Å². The van der Waals surface area contributed by atoms with Gasteiger partial charge in [-0.3, -0.25) is 0 Å². The molecule has 0 amide bonds. The van der Waals surface area contributed by atoms with Gasteiger partial charge in [0.05, 0.1) is 15.7 Å². The highest BCUT2D eigenvalue weighted by Gasteiger charge is 2.18. The quantitative estimate of drug-likeness (QED) is 0.584. The van der Waals surface area contributed by atoms with Crippen LogP contribution in [0.4, 0.5) is 5.82 Å². The van der Waals surface area contributed by atoms with Crippen molar-refractivity contribution in [3.63, 3.8) is 0 Å². The van der Waals surface area contributed by atoms with E-state index in [2.05, 4.69) is 38.4 Å². The van der Waals surface area contributed by atoms with Gasteiger partial charge >= 0.3 is 0 Å². The second-order valence-corrected chi connectivity index (χ2v) is 6.75. The van der Waals surface area contributed by atoms with Crippen molar-refractivity contribution >= 4 is 48.5 Å². The highest BCUT2D eigenvalue weighted by Crippen LogP contribution is 2.37. The Balaban J connectivity index is 1.79. The fraction of sp³-hybridized carbons (Fsp3) is 0.235. The van der Waals surface area contributed by atoms with Crippen LogP contribution in [0.3, 0.4) is 0 Å². The fourth-order valence-corrected chi connectivity index (χ4v) is 4.33. The Kier molecular flexibility index (Phi) is 2.92. The monoisotopic (exact) mass is 321 g/mol. The first kappa shape index (κ1) is 13.2. The van der Waals surface area contributed by atoms with Crippen LogP contribution in [0, 0.1) is 0 Å². The van der Waals surface area contributed by atoms with Gasteiger partial charge in [0.25, 0.3) is 0 Å². The number of hydrogen-bond donors (Lipinski definition) is 1. The second-order valence-electron chi connectivity index (χ2n) is 5.75. The molecular formula is C17H15N5S. The van der Waals surface area contributed by atoms with E-state index < -0.39 is 0 Å². The lowest BCUT2D eigenvalue weighted by molar-refractivity contribution is 0.586. The molecular weight excluding hydrogens is 306 g/mol. The van der Waals surface area contributed by atoms with Gasteiger partial charge in [0.15, 0.2) is 0 Å². The van der Waals surface area contributed by atoms with Gasteiger partial charge in [0, 0.05) is 37.0 Å². The molecule has 3 aromatic heterocycles. The summed E-state index contributed by atoms with van der Waals surface area (Å²) in [5, 5.41) is 5.67. The lowest BCUT2D eigenvalue weighted by atomic mass is 10.2. The summed E-state index contributed by atoms with van der Waals surface area (Å²) in [4.78, 5) is 17.3. The van der Waals surface area contributed by atoms with Crippen molar-refractivity contribution < 1.29 is 0 Å². The van der Waals surface area contributed by atoms with Gasteiger partial charge in [-0.2, -0.15) is 0 Å². The normalized spacial score (nSPS) is 15.7. The number of para-hydroxylation sites is 1. The van der Waals surface area contributed by atoms with Crippen LogP contribution in [-0.2, 0) is 0 Å². The molecule has 1 aliphatic heterocycles. The molecule has 0 bridgehead atoms. The minimum Gasteiger partial charge on any atom is -0.353 e. The maximum absolute atomic E-state index is 4.82. The van der Waals surface area contributed by atoms with Crippen molar-refractivity contribution in [1.29, 1.82) is 0 Å². The van der Waals surface area contributed by atoms with Crippen molar-refractivity contribution in [1.82, 2.24) is 20.3 Å². The number of hydrogen-bond acceptors (Lipinski definition) is 6. The highest BCUT2D eigenvalue weighted by atomic mass is 32.1. The minimum atomic E-state index is 0.982. The molecule has 0 radical (unpaired) electrons. The lowest BCUT2D eigenvalue weighted by Gasteiger charge is -2.28. The Morgan fingerprint density at radius 3 is 2.87 bits per heavy atom. The third kappa shape index (κ3) is 2.06. The smallest absolute Gasteiger partial charge is 0.150 e. The summed E-state index contributed by atoms with van der Waals surface area (Å²) in [5.74, 6) is 1.04. The topological polar surface area (TPSA) is 53.9 Å². The van der Waals surface area contributed by atoms with Crippen molar-refractivity contribution in [2.24, 2.45) is 0 Å². The standard InChI is InChI=1S/C17H15N5S/c1-2-4-13-11(3-1)9-12-14-15(23-17(12)21-13)16(20-10-19-14)22-7-5-18-6-8-22/h1-4,9-10,18H,5-8H2. The van der Waals surface area contributed by atoms with Crippen LogP contribution in [0.15, 0.2) is 36.7 Å². The van der Waals surface area contributed by atoms with E-state index in [4.69, 9.17) is 4.98 Å². The van der Waals surface area contributed by atoms with Gasteiger partial charge < -0.3 is 10.2 Å². The molecule has 0 spiro atoms. The minimum absolute atomic E-state index is 0.982. The van der Waals surface area contributed by atoms with Crippen LogP contribution in [0.1, 0.15) is 0 Å². The molecule has 4 heterocycles. The molecule has 1 saturated heterocycles. The molecule has 5 rings (SSSR count). The van der Waals surface area contributed by atoms with Crippen molar-refractivity contribution in [3.8, 4) is 0 Å². The summed E-state index contributed by atoms with van der Waals surface area (Å²) >= 11 is 1.70. The molecule has 1 fully saturated rings. The predicted octanol–water partition coefficient (Wildman–Crippen LogP) is 2.80. The predicted molar refractivity (Wildman–Crippen MR) is 95.3 cm³/mol. The number of piperazine rings is 1. The van der Waals surface area contributed by atoms with Crippen molar-refractivity contribution in [2.75, 3.05) is 31.1 Å². The van der Waals surface area contributed by atoms with Crippen LogP contribution in [0.2, 0.25) is 0 Å². The SMILES string of the molecule is c1ccc2nc3sc4c(N5CCNCC5)ncnc4c3cc2c1. The molecule has 1 aromatic carbocycles. The Morgan fingerprint density at radius 2 is 1.96 bits per heavy atom. The molecule has 23 heavy (non-hydrogen) atoms. The zero-order valence-corrected chi connectivity index (χ0v) is 13.3. The molecule has 4 aromatic rings. The van der Waals surface area contributed by atoms with Gasteiger partial charge in [0.1, 0.15) is 17.0 Å². The molecule has 0 atom stereocenters. The first-order valence-corrected chi connectivity index (χ1v) is 8.60. The summed E-state index contributed by atoms with van der Waals surface area (Å²) in [6.45, 7) is 3.96. The van der Waals surface area contributed by atoms with E-state index in [1.807, 2.05) is 12.1 Å². The van der Waals surface area contributed by atoms with E-state index in [9.17, 15) is 0 Å². The molecule has 114 valence electrons. The number of fused-ring (bicyclic) bond motifs is 4. The van der Waals surface area contributed by atoms with Crippen LogP contribution in [0.5, 0.6) is 0 Å². The number of nitrogens with one attached hydrogen (secondary N) is 1. The van der Waals surface area contributed by atoms with Gasteiger partial charge in [0.2, 0.25) is 0 Å². The highest BCUT2D eigenvalue weighted by molar-refractivity contribution is 7.26. The van der Waals surface area contributed by atoms with Gasteiger partial charge in [-0.15, -0.1) is 11.3 Å². The first-order valence-electron chi connectivity index (χ1n) is 7.79. The maximum Gasteiger partial charge on any atom is 0.150 e. The Hall–Kier alpha value is -2.31. The number of pyridine rings is 1. The molecule has 1 N–H and O–H groups in total. The summed E-state index contributed by atoms with van der Waals surface area (Å²) < 4.78 is 1.15. The van der Waals surface area contributed by atoms with Crippen LogP contribution >= 0.6 is 11.3 Å². The van der Waals surface area contributed by atoms with Crippen LogP contribution < -0.4 is 10.2 Å². The van der Waals surface area contributed by atoms with Gasteiger partial charge in [-0.25, -0.2) is 15.0 Å².